The fourth-order valence-corrected chi connectivity index (χ4v) is 3.96. The van der Waals surface area contributed by atoms with Gasteiger partial charge in [0.1, 0.15) is 0 Å². The summed E-state index contributed by atoms with van der Waals surface area (Å²) < 4.78 is 11.4. The van der Waals surface area contributed by atoms with Crippen molar-refractivity contribution in [1.82, 2.24) is 5.32 Å². The highest BCUT2D eigenvalue weighted by atomic mass is 32.2. The Morgan fingerprint density at radius 3 is 2.69 bits per heavy atom. The van der Waals surface area contributed by atoms with E-state index in [1.54, 1.807) is 24.3 Å². The number of amides is 2. The molecular formula is C24H21N3O4S. The van der Waals surface area contributed by atoms with E-state index in [4.69, 9.17) is 14.9 Å². The van der Waals surface area contributed by atoms with Crippen LogP contribution >= 0.6 is 11.8 Å². The maximum absolute atomic E-state index is 12.5. The van der Waals surface area contributed by atoms with Gasteiger partial charge in [0, 0.05) is 11.1 Å². The van der Waals surface area contributed by atoms with E-state index in [2.05, 4.69) is 10.6 Å². The summed E-state index contributed by atoms with van der Waals surface area (Å²) in [5.41, 5.74) is 1.45. The lowest BCUT2D eigenvalue weighted by Crippen LogP contribution is -2.20. The summed E-state index contributed by atoms with van der Waals surface area (Å²) in [7, 11) is 0. The molecule has 1 aliphatic rings. The van der Waals surface area contributed by atoms with Crippen LogP contribution in [0.3, 0.4) is 0 Å². The zero-order chi connectivity index (χ0) is 22.5. The van der Waals surface area contributed by atoms with E-state index < -0.39 is 0 Å². The predicted molar refractivity (Wildman–Crippen MR) is 127 cm³/mol. The van der Waals surface area contributed by atoms with Crippen LogP contribution in [0.4, 0.5) is 5.69 Å². The summed E-state index contributed by atoms with van der Waals surface area (Å²) in [6, 6.07) is 18.8. The number of nitrogens with one attached hydrogen (secondary N) is 3. The molecule has 0 unspecified atom stereocenters. The monoisotopic (exact) mass is 447 g/mol. The summed E-state index contributed by atoms with van der Waals surface area (Å²) in [5.74, 6) is 0.313. The first-order valence-electron chi connectivity index (χ1n) is 10.00. The Bertz CT molecular complexity index is 1230. The Morgan fingerprint density at radius 1 is 1.09 bits per heavy atom. The molecule has 3 N–H and O–H groups in total. The molecule has 7 nitrogen and oxygen atoms in total. The molecule has 0 aliphatic carbocycles. The molecule has 32 heavy (non-hydrogen) atoms. The molecule has 1 aliphatic heterocycles. The van der Waals surface area contributed by atoms with E-state index in [0.717, 1.165) is 33.8 Å². The van der Waals surface area contributed by atoms with Gasteiger partial charge in [-0.15, -0.1) is 0 Å². The van der Waals surface area contributed by atoms with Crippen molar-refractivity contribution in [2.75, 3.05) is 18.5 Å². The molecule has 0 radical (unpaired) electrons. The van der Waals surface area contributed by atoms with Gasteiger partial charge in [0.2, 0.25) is 0 Å². The van der Waals surface area contributed by atoms with Gasteiger partial charge in [-0.25, -0.2) is 0 Å². The SMILES string of the molecule is CCOc1cc(/C=C2\SC(=N)NC2=O)ccc1OCC(=O)Nc1cccc2ccccc12. The van der Waals surface area contributed by atoms with Gasteiger partial charge in [-0.2, -0.15) is 0 Å². The van der Waals surface area contributed by atoms with Gasteiger partial charge in [0.05, 0.1) is 11.5 Å². The van der Waals surface area contributed by atoms with Gasteiger partial charge >= 0.3 is 0 Å². The molecule has 0 atom stereocenters. The highest BCUT2D eigenvalue weighted by molar-refractivity contribution is 8.18. The molecule has 1 fully saturated rings. The van der Waals surface area contributed by atoms with E-state index in [0.29, 0.717) is 23.0 Å². The molecule has 0 spiro atoms. The standard InChI is InChI=1S/C24H21N3O4S/c1-2-30-20-12-15(13-21-23(29)27-24(25)32-21)10-11-19(20)31-14-22(28)26-18-9-5-7-16-6-3-4-8-17(16)18/h3-13H,2,14H2,1H3,(H,26,28)(H2,25,27,29)/b21-13-. The molecule has 1 saturated heterocycles. The van der Waals surface area contributed by atoms with Crippen LogP contribution in [0.25, 0.3) is 16.8 Å². The number of anilines is 1. The molecule has 0 saturated carbocycles. The predicted octanol–water partition coefficient (Wildman–Crippen LogP) is 4.39. The number of thioether (sulfide) groups is 1. The zero-order valence-corrected chi connectivity index (χ0v) is 18.1. The maximum Gasteiger partial charge on any atom is 0.264 e. The minimum Gasteiger partial charge on any atom is -0.490 e. The minimum absolute atomic E-state index is 0.100. The molecule has 1 heterocycles. The van der Waals surface area contributed by atoms with E-state index in [-0.39, 0.29) is 23.6 Å². The second-order valence-corrected chi connectivity index (χ2v) is 7.95. The van der Waals surface area contributed by atoms with Crippen LogP contribution in [0.15, 0.2) is 65.6 Å². The van der Waals surface area contributed by atoms with Crippen LogP contribution in [0, 0.1) is 5.41 Å². The summed E-state index contributed by atoms with van der Waals surface area (Å²) in [6.07, 6.45) is 1.68. The Morgan fingerprint density at radius 2 is 1.91 bits per heavy atom. The highest BCUT2D eigenvalue weighted by Crippen LogP contribution is 2.32. The third-order valence-electron chi connectivity index (χ3n) is 4.65. The highest BCUT2D eigenvalue weighted by Gasteiger charge is 2.22. The minimum atomic E-state index is -0.302. The number of benzene rings is 3. The second-order valence-electron chi connectivity index (χ2n) is 6.90. The summed E-state index contributed by atoms with van der Waals surface area (Å²) in [5, 5.41) is 15.0. The molecule has 3 aromatic carbocycles. The van der Waals surface area contributed by atoms with E-state index in [1.807, 2.05) is 49.4 Å². The maximum atomic E-state index is 12.5. The van der Waals surface area contributed by atoms with Crippen LogP contribution in [0.5, 0.6) is 11.5 Å². The average molecular weight is 448 g/mol. The van der Waals surface area contributed by atoms with E-state index in [9.17, 15) is 9.59 Å². The van der Waals surface area contributed by atoms with Crippen molar-refractivity contribution in [3.05, 3.63) is 71.1 Å². The quantitative estimate of drug-likeness (QED) is 0.466. The molecule has 2 amide bonds. The van der Waals surface area contributed by atoms with Crippen LogP contribution in [0.1, 0.15) is 12.5 Å². The van der Waals surface area contributed by atoms with Gasteiger partial charge in [-0.05, 0) is 53.9 Å². The number of rotatable bonds is 7. The molecule has 8 heteroatoms. The average Bonchev–Trinajstić information content (AvgIpc) is 3.10. The fraction of sp³-hybridized carbons (Fsp3) is 0.125. The molecular weight excluding hydrogens is 426 g/mol. The van der Waals surface area contributed by atoms with Crippen LogP contribution in [-0.2, 0) is 9.59 Å². The lowest BCUT2D eigenvalue weighted by molar-refractivity contribution is -0.118. The van der Waals surface area contributed by atoms with Gasteiger partial charge in [-0.1, -0.05) is 42.5 Å². The Balaban J connectivity index is 1.46. The van der Waals surface area contributed by atoms with E-state index in [1.165, 1.54) is 0 Å². The van der Waals surface area contributed by atoms with Crippen LogP contribution in [0.2, 0.25) is 0 Å². The summed E-state index contributed by atoms with van der Waals surface area (Å²) in [4.78, 5) is 24.8. The number of carbonyl (C=O) groups excluding carboxylic acids is 2. The number of hydrogen-bond acceptors (Lipinski definition) is 6. The number of ether oxygens (including phenoxy) is 2. The number of carbonyl (C=O) groups is 2. The molecule has 162 valence electrons. The van der Waals surface area contributed by atoms with Crippen molar-refractivity contribution in [3.8, 4) is 11.5 Å². The van der Waals surface area contributed by atoms with Gasteiger partial charge in [-0.3, -0.25) is 15.0 Å². The Hall–Kier alpha value is -3.78. The van der Waals surface area contributed by atoms with Gasteiger partial charge in [0.25, 0.3) is 11.8 Å². The molecule has 0 bridgehead atoms. The van der Waals surface area contributed by atoms with Crippen LogP contribution in [-0.4, -0.2) is 30.2 Å². The second kappa shape index (κ2) is 9.57. The van der Waals surface area contributed by atoms with E-state index >= 15 is 0 Å². The summed E-state index contributed by atoms with van der Waals surface area (Å²) >= 11 is 1.07. The topological polar surface area (TPSA) is 101 Å². The lowest BCUT2D eigenvalue weighted by Gasteiger charge is -2.13. The van der Waals surface area contributed by atoms with Gasteiger partial charge in [0.15, 0.2) is 23.3 Å². The third kappa shape index (κ3) is 4.92. The van der Waals surface area contributed by atoms with Crippen molar-refractivity contribution in [3.63, 3.8) is 0 Å². The number of fused-ring (bicyclic) bond motifs is 1. The van der Waals surface area contributed by atoms with Gasteiger partial charge < -0.3 is 20.1 Å². The van der Waals surface area contributed by atoms with Crippen molar-refractivity contribution < 1.29 is 19.1 Å². The number of amidine groups is 1. The lowest BCUT2D eigenvalue weighted by atomic mass is 10.1. The van der Waals surface area contributed by atoms with Crippen molar-refractivity contribution in [2.45, 2.75) is 6.92 Å². The first-order chi connectivity index (χ1) is 15.5. The summed E-state index contributed by atoms with van der Waals surface area (Å²) in [6.45, 7) is 2.08. The Labute approximate surface area is 189 Å². The smallest absolute Gasteiger partial charge is 0.264 e. The molecule has 3 aromatic rings. The van der Waals surface area contributed by atoms with Crippen molar-refractivity contribution in [1.29, 1.82) is 5.41 Å². The number of hydrogen-bond donors (Lipinski definition) is 3. The fourth-order valence-electron chi connectivity index (χ4n) is 3.26. The first kappa shape index (κ1) is 21.5. The van der Waals surface area contributed by atoms with Crippen LogP contribution < -0.4 is 20.1 Å². The largest absolute Gasteiger partial charge is 0.490 e. The Kier molecular flexibility index (Phi) is 6.42. The molecule has 0 aromatic heterocycles. The van der Waals surface area contributed by atoms with Crippen molar-refractivity contribution in [2.24, 2.45) is 0 Å². The third-order valence-corrected chi connectivity index (χ3v) is 5.48. The zero-order valence-electron chi connectivity index (χ0n) is 17.3. The van der Waals surface area contributed by atoms with Crippen molar-refractivity contribution >= 4 is 51.3 Å². The molecule has 4 rings (SSSR count). The first-order valence-corrected chi connectivity index (χ1v) is 10.8. The normalized spacial score (nSPS) is 14.5.